The van der Waals surface area contributed by atoms with Crippen LogP contribution in [0.15, 0.2) is 41.3 Å². The van der Waals surface area contributed by atoms with Crippen molar-refractivity contribution in [3.8, 4) is 0 Å². The number of aromatic nitrogens is 2. The first kappa shape index (κ1) is 23.0. The van der Waals surface area contributed by atoms with E-state index in [1.165, 1.54) is 6.33 Å². The second kappa shape index (κ2) is 8.20. The third kappa shape index (κ3) is 3.82. The SMILES string of the molecule is CC(C)(C)C(=O)OC[C@H]1O[C@@H](c2coc3c(N)ncnc23)[C@]2(C)OC(c3ccc(Cl)cc3)O[C@H]12. The van der Waals surface area contributed by atoms with E-state index in [-0.39, 0.29) is 18.4 Å². The lowest BCUT2D eigenvalue weighted by atomic mass is 9.89. The Labute approximate surface area is 201 Å². The van der Waals surface area contributed by atoms with Gasteiger partial charge in [0.05, 0.1) is 11.7 Å². The minimum Gasteiger partial charge on any atom is -0.462 e. The Morgan fingerprint density at radius 3 is 2.65 bits per heavy atom. The number of anilines is 1. The van der Waals surface area contributed by atoms with Crippen LogP contribution >= 0.6 is 11.6 Å². The lowest BCUT2D eigenvalue weighted by Gasteiger charge is -2.27. The van der Waals surface area contributed by atoms with Crippen LogP contribution in [0.1, 0.15) is 51.2 Å². The molecule has 180 valence electrons. The Kier molecular flexibility index (Phi) is 5.55. The molecular weight excluding hydrogens is 462 g/mol. The molecule has 34 heavy (non-hydrogen) atoms. The molecule has 3 aromatic rings. The normalized spacial score (nSPS) is 28.9. The molecule has 5 atom stereocenters. The molecular formula is C24H26ClN3O6. The molecule has 0 saturated carbocycles. The van der Waals surface area contributed by atoms with E-state index in [1.54, 1.807) is 39.2 Å². The van der Waals surface area contributed by atoms with Gasteiger partial charge in [-0.15, -0.1) is 0 Å². The van der Waals surface area contributed by atoms with E-state index in [0.29, 0.717) is 21.7 Å². The molecule has 0 spiro atoms. The summed E-state index contributed by atoms with van der Waals surface area (Å²) in [6, 6.07) is 7.26. The number of benzene rings is 1. The molecule has 1 unspecified atom stereocenters. The van der Waals surface area contributed by atoms with Crippen LogP contribution in [0.2, 0.25) is 5.02 Å². The number of furan rings is 1. The zero-order valence-corrected chi connectivity index (χ0v) is 20.0. The van der Waals surface area contributed by atoms with Crippen molar-refractivity contribution < 1.29 is 28.2 Å². The standard InChI is InChI=1S/C24H26ClN3O6/c1-23(2,3)22(29)31-10-15-19-24(4,34-21(33-19)12-5-7-13(25)8-6-12)18(32-15)14-9-30-17-16(14)27-11-28-20(17)26/h5-9,11,15,18-19,21H,10H2,1-4H3,(H2,26,27,28)/t15-,18+,19-,21?,24+/m1/s1. The Hall–Kier alpha value is -2.72. The average molecular weight is 488 g/mol. The van der Waals surface area contributed by atoms with Crippen LogP contribution in [0, 0.1) is 5.41 Å². The highest BCUT2D eigenvalue weighted by atomic mass is 35.5. The van der Waals surface area contributed by atoms with Gasteiger partial charge in [0.15, 0.2) is 17.7 Å². The summed E-state index contributed by atoms with van der Waals surface area (Å²) in [6.07, 6.45) is 0.528. The fourth-order valence-electron chi connectivity index (χ4n) is 4.37. The summed E-state index contributed by atoms with van der Waals surface area (Å²) in [5, 5.41) is 0.614. The Bertz CT molecular complexity index is 1220. The molecule has 2 aliphatic rings. The van der Waals surface area contributed by atoms with Gasteiger partial charge in [0, 0.05) is 16.1 Å². The Morgan fingerprint density at radius 2 is 1.94 bits per heavy atom. The predicted octanol–water partition coefficient (Wildman–Crippen LogP) is 4.36. The maximum atomic E-state index is 12.4. The predicted molar refractivity (Wildman–Crippen MR) is 123 cm³/mol. The van der Waals surface area contributed by atoms with Crippen molar-refractivity contribution in [1.82, 2.24) is 9.97 Å². The number of rotatable bonds is 4. The highest BCUT2D eigenvalue weighted by Gasteiger charge is 2.62. The summed E-state index contributed by atoms with van der Waals surface area (Å²) < 4.78 is 30.4. The molecule has 10 heteroatoms. The number of hydrogen-bond acceptors (Lipinski definition) is 9. The topological polar surface area (TPSA) is 119 Å². The van der Waals surface area contributed by atoms with Crippen LogP contribution in [-0.2, 0) is 23.7 Å². The minimum atomic E-state index is -0.931. The molecule has 0 amide bonds. The fraction of sp³-hybridized carbons (Fsp3) is 0.458. The maximum Gasteiger partial charge on any atom is 0.311 e. The summed E-state index contributed by atoms with van der Waals surface area (Å²) in [5.74, 6) is -0.0991. The van der Waals surface area contributed by atoms with Crippen molar-refractivity contribution in [2.45, 2.75) is 57.9 Å². The van der Waals surface area contributed by atoms with Gasteiger partial charge < -0.3 is 29.1 Å². The quantitative estimate of drug-likeness (QED) is 0.535. The average Bonchev–Trinajstić information content (AvgIpc) is 3.43. The fourth-order valence-corrected chi connectivity index (χ4v) is 4.49. The molecule has 2 saturated heterocycles. The summed E-state index contributed by atoms with van der Waals surface area (Å²) in [7, 11) is 0. The molecule has 4 heterocycles. The summed E-state index contributed by atoms with van der Waals surface area (Å²) in [5.41, 5.74) is 6.75. The highest BCUT2D eigenvalue weighted by Crippen LogP contribution is 2.54. The van der Waals surface area contributed by atoms with E-state index in [2.05, 4.69) is 9.97 Å². The molecule has 9 nitrogen and oxygen atoms in total. The summed E-state index contributed by atoms with van der Waals surface area (Å²) in [4.78, 5) is 20.8. The van der Waals surface area contributed by atoms with Crippen LogP contribution in [-0.4, -0.2) is 40.4 Å². The van der Waals surface area contributed by atoms with Crippen molar-refractivity contribution in [2.24, 2.45) is 5.41 Å². The number of nitrogens with zero attached hydrogens (tertiary/aromatic N) is 2. The van der Waals surface area contributed by atoms with E-state index in [1.807, 2.05) is 19.1 Å². The number of esters is 1. The number of nitrogens with two attached hydrogens (primary N) is 1. The first-order chi connectivity index (χ1) is 16.1. The van der Waals surface area contributed by atoms with Gasteiger partial charge in [-0.1, -0.05) is 23.7 Å². The zero-order valence-electron chi connectivity index (χ0n) is 19.3. The number of fused-ring (bicyclic) bond motifs is 2. The van der Waals surface area contributed by atoms with Gasteiger partial charge in [-0.05, 0) is 39.8 Å². The van der Waals surface area contributed by atoms with Crippen molar-refractivity contribution in [1.29, 1.82) is 0 Å². The van der Waals surface area contributed by atoms with E-state index in [9.17, 15) is 4.79 Å². The van der Waals surface area contributed by atoms with Gasteiger partial charge in [0.25, 0.3) is 0 Å². The van der Waals surface area contributed by atoms with E-state index >= 15 is 0 Å². The number of ether oxygens (including phenoxy) is 4. The van der Waals surface area contributed by atoms with Crippen molar-refractivity contribution >= 4 is 34.5 Å². The molecule has 0 bridgehead atoms. The van der Waals surface area contributed by atoms with E-state index in [0.717, 1.165) is 5.56 Å². The number of halogens is 1. The molecule has 5 rings (SSSR count). The molecule has 2 aliphatic heterocycles. The minimum absolute atomic E-state index is 0.0104. The summed E-state index contributed by atoms with van der Waals surface area (Å²) >= 11 is 6.05. The molecule has 0 radical (unpaired) electrons. The van der Waals surface area contributed by atoms with Gasteiger partial charge in [0.2, 0.25) is 0 Å². The first-order valence-electron chi connectivity index (χ1n) is 11.0. The van der Waals surface area contributed by atoms with Crippen LogP contribution < -0.4 is 5.73 Å². The maximum absolute atomic E-state index is 12.4. The van der Waals surface area contributed by atoms with Gasteiger partial charge >= 0.3 is 5.97 Å². The van der Waals surface area contributed by atoms with Gasteiger partial charge in [0.1, 0.15) is 42.4 Å². The van der Waals surface area contributed by atoms with E-state index < -0.39 is 35.6 Å². The molecule has 0 aliphatic carbocycles. The van der Waals surface area contributed by atoms with Crippen LogP contribution in [0.4, 0.5) is 5.82 Å². The lowest BCUT2D eigenvalue weighted by Crippen LogP contribution is -2.41. The molecule has 2 aromatic heterocycles. The van der Waals surface area contributed by atoms with Gasteiger partial charge in [-0.2, -0.15) is 0 Å². The number of carbonyl (C=O) groups excluding carboxylic acids is 1. The van der Waals surface area contributed by atoms with Gasteiger partial charge in [-0.3, -0.25) is 4.79 Å². The molecule has 2 N–H and O–H groups in total. The largest absolute Gasteiger partial charge is 0.462 e. The smallest absolute Gasteiger partial charge is 0.311 e. The Morgan fingerprint density at radius 1 is 1.21 bits per heavy atom. The van der Waals surface area contributed by atoms with Crippen molar-refractivity contribution in [2.75, 3.05) is 12.3 Å². The highest BCUT2D eigenvalue weighted by molar-refractivity contribution is 6.30. The third-order valence-corrected chi connectivity index (χ3v) is 6.44. The lowest BCUT2D eigenvalue weighted by molar-refractivity contribution is -0.171. The first-order valence-corrected chi connectivity index (χ1v) is 11.3. The molecule has 1 aromatic carbocycles. The van der Waals surface area contributed by atoms with Crippen molar-refractivity contribution in [3.63, 3.8) is 0 Å². The van der Waals surface area contributed by atoms with Crippen LogP contribution in [0.5, 0.6) is 0 Å². The zero-order chi connectivity index (χ0) is 24.3. The number of hydrogen-bond donors (Lipinski definition) is 1. The number of carbonyl (C=O) groups is 1. The van der Waals surface area contributed by atoms with E-state index in [4.69, 9.17) is 40.7 Å². The molecule has 2 fully saturated rings. The number of nitrogen functional groups attached to an aromatic ring is 1. The second-order valence-electron chi connectivity index (χ2n) is 9.77. The van der Waals surface area contributed by atoms with Crippen LogP contribution in [0.3, 0.4) is 0 Å². The second-order valence-corrected chi connectivity index (χ2v) is 10.2. The third-order valence-electron chi connectivity index (χ3n) is 6.19. The van der Waals surface area contributed by atoms with Crippen molar-refractivity contribution in [3.05, 3.63) is 53.0 Å². The summed E-state index contributed by atoms with van der Waals surface area (Å²) in [6.45, 7) is 7.31. The Balaban J connectivity index is 1.49. The van der Waals surface area contributed by atoms with Gasteiger partial charge in [-0.25, -0.2) is 9.97 Å². The monoisotopic (exact) mass is 487 g/mol. The van der Waals surface area contributed by atoms with Crippen LogP contribution in [0.25, 0.3) is 11.1 Å².